The summed E-state index contributed by atoms with van der Waals surface area (Å²) in [6.45, 7) is 3.38. The lowest BCUT2D eigenvalue weighted by Crippen LogP contribution is -2.43. The summed E-state index contributed by atoms with van der Waals surface area (Å²) in [4.78, 5) is 14.1. The van der Waals surface area contributed by atoms with Gasteiger partial charge in [-0.15, -0.1) is 0 Å². The van der Waals surface area contributed by atoms with Crippen molar-refractivity contribution in [3.8, 4) is 11.5 Å². The van der Waals surface area contributed by atoms with Crippen molar-refractivity contribution in [1.82, 2.24) is 9.62 Å². The van der Waals surface area contributed by atoms with Crippen LogP contribution in [0, 0.1) is 5.92 Å². The van der Waals surface area contributed by atoms with E-state index >= 15 is 0 Å². The number of piperidine rings is 1. The fraction of sp³-hybridized carbons (Fsp3) is 0.611. The number of amides is 1. The van der Waals surface area contributed by atoms with Crippen LogP contribution >= 0.6 is 0 Å². The maximum Gasteiger partial charge on any atom is 0.240 e. The Hall–Kier alpha value is -1.84. The first kappa shape index (κ1) is 21.5. The molecule has 1 atom stereocenters. The van der Waals surface area contributed by atoms with Crippen LogP contribution in [-0.2, 0) is 14.8 Å². The van der Waals surface area contributed by atoms with E-state index in [2.05, 4.69) is 4.72 Å². The molecule has 0 bridgehead atoms. The van der Waals surface area contributed by atoms with Crippen molar-refractivity contribution in [1.29, 1.82) is 0 Å². The minimum Gasteiger partial charge on any atom is -0.493 e. The summed E-state index contributed by atoms with van der Waals surface area (Å²) < 4.78 is 37.6. The summed E-state index contributed by atoms with van der Waals surface area (Å²) >= 11 is 0. The molecule has 0 saturated carbocycles. The van der Waals surface area contributed by atoms with Crippen LogP contribution in [0.4, 0.5) is 0 Å². The predicted octanol–water partition coefficient (Wildman–Crippen LogP) is 0.958. The maximum absolute atomic E-state index is 12.4. The number of nitrogens with zero attached hydrogens (tertiary/aromatic N) is 1. The van der Waals surface area contributed by atoms with E-state index in [1.165, 1.54) is 32.4 Å². The number of likely N-dealkylation sites (tertiary alicyclic amines) is 1. The molecule has 0 aliphatic carbocycles. The lowest BCUT2D eigenvalue weighted by molar-refractivity contribution is -0.132. The third-order valence-corrected chi connectivity index (χ3v) is 6.39. The SMILES string of the molecule is COc1ccc(S(=O)(=O)NCCC(=O)N2CCC(C(C)N)CC2)cc1OC. The zero-order valence-corrected chi connectivity index (χ0v) is 16.9. The number of hydrogen-bond acceptors (Lipinski definition) is 6. The van der Waals surface area contributed by atoms with Crippen molar-refractivity contribution in [3.05, 3.63) is 18.2 Å². The molecule has 1 aromatic carbocycles. The quantitative estimate of drug-likeness (QED) is 0.674. The van der Waals surface area contributed by atoms with E-state index in [-0.39, 0.29) is 29.8 Å². The van der Waals surface area contributed by atoms with Crippen molar-refractivity contribution >= 4 is 15.9 Å². The Labute approximate surface area is 161 Å². The zero-order valence-electron chi connectivity index (χ0n) is 16.1. The van der Waals surface area contributed by atoms with Crippen LogP contribution in [0.5, 0.6) is 11.5 Å². The summed E-state index contributed by atoms with van der Waals surface area (Å²) in [5.74, 6) is 1.17. The summed E-state index contributed by atoms with van der Waals surface area (Å²) in [6.07, 6.45) is 1.90. The molecule has 2 rings (SSSR count). The van der Waals surface area contributed by atoms with Crippen LogP contribution in [0.3, 0.4) is 0 Å². The minimum absolute atomic E-state index is 0.0444. The summed E-state index contributed by atoms with van der Waals surface area (Å²) in [7, 11) is -0.819. The van der Waals surface area contributed by atoms with Crippen molar-refractivity contribution < 1.29 is 22.7 Å². The molecule has 0 radical (unpaired) electrons. The lowest BCUT2D eigenvalue weighted by Gasteiger charge is -2.33. The average Bonchev–Trinajstić information content (AvgIpc) is 2.67. The van der Waals surface area contributed by atoms with E-state index in [1.807, 2.05) is 6.92 Å². The number of benzene rings is 1. The molecular weight excluding hydrogens is 370 g/mol. The van der Waals surface area contributed by atoms with Gasteiger partial charge in [-0.25, -0.2) is 13.1 Å². The topological polar surface area (TPSA) is 111 Å². The van der Waals surface area contributed by atoms with Gasteiger partial charge in [-0.05, 0) is 37.8 Å². The molecular formula is C18H29N3O5S. The van der Waals surface area contributed by atoms with Gasteiger partial charge in [-0.1, -0.05) is 0 Å². The highest BCUT2D eigenvalue weighted by molar-refractivity contribution is 7.89. The maximum atomic E-state index is 12.4. The molecule has 1 heterocycles. The molecule has 9 heteroatoms. The largest absolute Gasteiger partial charge is 0.493 e. The average molecular weight is 400 g/mol. The summed E-state index contributed by atoms with van der Waals surface area (Å²) in [6, 6.07) is 4.49. The van der Waals surface area contributed by atoms with E-state index in [1.54, 1.807) is 4.90 Å². The van der Waals surface area contributed by atoms with Crippen LogP contribution in [0.15, 0.2) is 23.1 Å². The smallest absolute Gasteiger partial charge is 0.240 e. The van der Waals surface area contributed by atoms with Gasteiger partial charge in [0.2, 0.25) is 15.9 Å². The number of methoxy groups -OCH3 is 2. The van der Waals surface area contributed by atoms with Gasteiger partial charge < -0.3 is 20.1 Å². The molecule has 0 spiro atoms. The van der Waals surface area contributed by atoms with Gasteiger partial charge in [-0.3, -0.25) is 4.79 Å². The van der Waals surface area contributed by atoms with Gasteiger partial charge in [0.05, 0.1) is 19.1 Å². The zero-order chi connectivity index (χ0) is 20.0. The van der Waals surface area contributed by atoms with Crippen molar-refractivity contribution in [2.45, 2.75) is 37.1 Å². The lowest BCUT2D eigenvalue weighted by atomic mass is 9.91. The molecule has 3 N–H and O–H groups in total. The van der Waals surface area contributed by atoms with Crippen LogP contribution in [-0.4, -0.2) is 59.1 Å². The third-order valence-electron chi connectivity index (χ3n) is 4.93. The summed E-state index contributed by atoms with van der Waals surface area (Å²) in [5.41, 5.74) is 5.91. The number of rotatable bonds is 8. The Balaban J connectivity index is 1.88. The molecule has 1 aliphatic heterocycles. The minimum atomic E-state index is -3.74. The standard InChI is InChI=1S/C18H29N3O5S/c1-13(19)14-7-10-21(11-8-14)18(22)6-9-20-27(23,24)15-4-5-16(25-2)17(12-15)26-3/h4-5,12-14,20H,6-11,19H2,1-3H3. The number of nitrogens with one attached hydrogen (secondary N) is 1. The highest BCUT2D eigenvalue weighted by Crippen LogP contribution is 2.29. The molecule has 0 aromatic heterocycles. The number of ether oxygens (including phenoxy) is 2. The van der Waals surface area contributed by atoms with E-state index in [9.17, 15) is 13.2 Å². The number of carbonyl (C=O) groups excluding carboxylic acids is 1. The fourth-order valence-corrected chi connectivity index (χ4v) is 4.24. The second-order valence-corrected chi connectivity index (χ2v) is 8.51. The molecule has 27 heavy (non-hydrogen) atoms. The van der Waals surface area contributed by atoms with E-state index in [0.717, 1.165) is 12.8 Å². The number of carbonyl (C=O) groups is 1. The van der Waals surface area contributed by atoms with Gasteiger partial charge in [0.15, 0.2) is 11.5 Å². The summed E-state index contributed by atoms with van der Waals surface area (Å²) in [5, 5.41) is 0. The normalized spacial score (nSPS) is 16.8. The van der Waals surface area contributed by atoms with Gasteiger partial charge in [0, 0.05) is 38.2 Å². The first-order chi connectivity index (χ1) is 12.8. The van der Waals surface area contributed by atoms with Crippen LogP contribution in [0.1, 0.15) is 26.2 Å². The first-order valence-electron chi connectivity index (χ1n) is 9.03. The molecule has 1 amide bonds. The van der Waals surface area contributed by atoms with Crippen molar-refractivity contribution in [2.24, 2.45) is 11.7 Å². The second-order valence-electron chi connectivity index (χ2n) is 6.74. The highest BCUT2D eigenvalue weighted by atomic mass is 32.2. The number of hydrogen-bond donors (Lipinski definition) is 2. The first-order valence-corrected chi connectivity index (χ1v) is 10.5. The Morgan fingerprint density at radius 3 is 2.44 bits per heavy atom. The van der Waals surface area contributed by atoms with Gasteiger partial charge in [-0.2, -0.15) is 0 Å². The predicted molar refractivity (Wildman–Crippen MR) is 102 cm³/mol. The van der Waals surface area contributed by atoms with E-state index < -0.39 is 10.0 Å². The Morgan fingerprint density at radius 2 is 1.89 bits per heavy atom. The molecule has 1 aromatic rings. The van der Waals surface area contributed by atoms with Gasteiger partial charge in [0.1, 0.15) is 0 Å². The Morgan fingerprint density at radius 1 is 1.26 bits per heavy atom. The molecule has 1 unspecified atom stereocenters. The second kappa shape index (κ2) is 9.38. The monoisotopic (exact) mass is 399 g/mol. The van der Waals surface area contributed by atoms with Gasteiger partial charge in [0.25, 0.3) is 0 Å². The van der Waals surface area contributed by atoms with Crippen LogP contribution in [0.2, 0.25) is 0 Å². The van der Waals surface area contributed by atoms with Gasteiger partial charge >= 0.3 is 0 Å². The van der Waals surface area contributed by atoms with E-state index in [0.29, 0.717) is 30.5 Å². The molecule has 1 fully saturated rings. The molecule has 152 valence electrons. The van der Waals surface area contributed by atoms with E-state index in [4.69, 9.17) is 15.2 Å². The fourth-order valence-electron chi connectivity index (χ4n) is 3.19. The number of sulfonamides is 1. The van der Waals surface area contributed by atoms with Crippen LogP contribution in [0.25, 0.3) is 0 Å². The Kier molecular flexibility index (Phi) is 7.46. The van der Waals surface area contributed by atoms with Crippen molar-refractivity contribution in [3.63, 3.8) is 0 Å². The highest BCUT2D eigenvalue weighted by Gasteiger charge is 2.25. The Bertz CT molecular complexity index is 743. The molecule has 1 saturated heterocycles. The molecule has 8 nitrogen and oxygen atoms in total. The third kappa shape index (κ3) is 5.57. The number of nitrogens with two attached hydrogens (primary N) is 1. The van der Waals surface area contributed by atoms with Crippen LogP contribution < -0.4 is 19.9 Å². The molecule has 1 aliphatic rings. The van der Waals surface area contributed by atoms with Crippen molar-refractivity contribution in [2.75, 3.05) is 33.9 Å².